The topological polar surface area (TPSA) is 89.8 Å². The smallest absolute Gasteiger partial charge is 0.213 e. The van der Waals surface area contributed by atoms with Crippen LogP contribution < -0.4 is 10.5 Å². The highest BCUT2D eigenvalue weighted by Gasteiger charge is 2.14. The Morgan fingerprint density at radius 1 is 1.50 bits per heavy atom. The maximum atomic E-state index is 8.91. The number of benzene rings is 1. The van der Waals surface area contributed by atoms with E-state index in [1.807, 2.05) is 31.2 Å². The molecule has 2 heterocycles. The number of thiazole rings is 1. The zero-order valence-corrected chi connectivity index (χ0v) is 11.5. The maximum absolute atomic E-state index is 8.91. The zero-order valence-electron chi connectivity index (χ0n) is 10.7. The highest BCUT2D eigenvalue weighted by molar-refractivity contribution is 7.20. The summed E-state index contributed by atoms with van der Waals surface area (Å²) in [5.74, 6) is 1.03. The summed E-state index contributed by atoms with van der Waals surface area (Å²) in [6.07, 6.45) is 1.44. The lowest BCUT2D eigenvalue weighted by atomic mass is 10.3. The molecule has 0 aliphatic rings. The van der Waals surface area contributed by atoms with E-state index in [0.29, 0.717) is 23.1 Å². The number of rotatable bonds is 3. The standard InChI is InChI=1S/C13H11N5OS/c1-2-19-9-4-3-5-10-11(9)17-13(20-10)18-12(15)8(6-14)7-16-18/h3-5,7H,2,15H2,1H3. The SMILES string of the molecule is CCOc1cccc2sc(-n3ncc(C#N)c3N)nc12. The van der Waals surface area contributed by atoms with E-state index in [0.717, 1.165) is 16.0 Å². The van der Waals surface area contributed by atoms with Crippen LogP contribution in [-0.4, -0.2) is 21.4 Å². The first-order valence-corrected chi connectivity index (χ1v) is 6.82. The van der Waals surface area contributed by atoms with Gasteiger partial charge < -0.3 is 10.5 Å². The van der Waals surface area contributed by atoms with Crippen molar-refractivity contribution >= 4 is 27.4 Å². The van der Waals surface area contributed by atoms with Crippen LogP contribution >= 0.6 is 11.3 Å². The molecule has 0 atom stereocenters. The third kappa shape index (κ3) is 1.87. The second kappa shape index (κ2) is 4.83. The summed E-state index contributed by atoms with van der Waals surface area (Å²) in [6, 6.07) is 7.75. The summed E-state index contributed by atoms with van der Waals surface area (Å²) >= 11 is 1.45. The van der Waals surface area contributed by atoms with Gasteiger partial charge in [-0.25, -0.2) is 4.98 Å². The third-order valence-corrected chi connectivity index (χ3v) is 3.77. The van der Waals surface area contributed by atoms with E-state index in [-0.39, 0.29) is 0 Å². The predicted molar refractivity (Wildman–Crippen MR) is 77.0 cm³/mol. The average Bonchev–Trinajstić information content (AvgIpc) is 3.02. The molecule has 3 aromatic rings. The Hall–Kier alpha value is -2.59. The van der Waals surface area contributed by atoms with E-state index in [2.05, 4.69) is 10.1 Å². The van der Waals surface area contributed by atoms with Gasteiger partial charge in [0, 0.05) is 0 Å². The molecule has 0 saturated heterocycles. The number of hydrogen-bond acceptors (Lipinski definition) is 6. The van der Waals surface area contributed by atoms with Gasteiger partial charge in [0.1, 0.15) is 28.7 Å². The largest absolute Gasteiger partial charge is 0.492 e. The molecule has 100 valence electrons. The van der Waals surface area contributed by atoms with E-state index in [1.165, 1.54) is 22.2 Å². The number of nitriles is 1. The molecular weight excluding hydrogens is 274 g/mol. The van der Waals surface area contributed by atoms with Crippen molar-refractivity contribution in [3.8, 4) is 17.0 Å². The van der Waals surface area contributed by atoms with Gasteiger partial charge in [0.25, 0.3) is 0 Å². The summed E-state index contributed by atoms with van der Waals surface area (Å²) in [6.45, 7) is 2.51. The van der Waals surface area contributed by atoms with Crippen LogP contribution in [0.5, 0.6) is 5.75 Å². The first kappa shape index (κ1) is 12.4. The molecule has 7 heteroatoms. The molecule has 0 bridgehead atoms. The number of para-hydroxylation sites is 1. The molecule has 2 N–H and O–H groups in total. The minimum Gasteiger partial charge on any atom is -0.492 e. The molecule has 0 aliphatic heterocycles. The van der Waals surface area contributed by atoms with Crippen molar-refractivity contribution in [1.82, 2.24) is 14.8 Å². The second-order valence-corrected chi connectivity index (χ2v) is 5.01. The number of nitrogens with zero attached hydrogens (tertiary/aromatic N) is 4. The quantitative estimate of drug-likeness (QED) is 0.797. The number of anilines is 1. The number of hydrogen-bond donors (Lipinski definition) is 1. The summed E-state index contributed by atoms with van der Waals surface area (Å²) in [5.41, 5.74) is 7.00. The second-order valence-electron chi connectivity index (χ2n) is 4.00. The van der Waals surface area contributed by atoms with E-state index in [4.69, 9.17) is 15.7 Å². The summed E-state index contributed by atoms with van der Waals surface area (Å²) in [7, 11) is 0. The monoisotopic (exact) mass is 285 g/mol. The molecule has 0 aliphatic carbocycles. The maximum Gasteiger partial charge on any atom is 0.213 e. The summed E-state index contributed by atoms with van der Waals surface area (Å²) in [4.78, 5) is 4.51. The van der Waals surface area contributed by atoms with Crippen molar-refractivity contribution in [2.24, 2.45) is 0 Å². The molecule has 1 aromatic carbocycles. The number of nitrogen functional groups attached to an aromatic ring is 1. The van der Waals surface area contributed by atoms with Gasteiger partial charge in [0.15, 0.2) is 0 Å². The lowest BCUT2D eigenvalue weighted by molar-refractivity contribution is 0.343. The van der Waals surface area contributed by atoms with Crippen LogP contribution in [0.2, 0.25) is 0 Å². The lowest BCUT2D eigenvalue weighted by Crippen LogP contribution is -2.01. The van der Waals surface area contributed by atoms with Crippen molar-refractivity contribution in [3.63, 3.8) is 0 Å². The Morgan fingerprint density at radius 3 is 3.05 bits per heavy atom. The highest BCUT2D eigenvalue weighted by Crippen LogP contribution is 2.32. The molecule has 0 amide bonds. The van der Waals surface area contributed by atoms with Gasteiger partial charge in [-0.3, -0.25) is 0 Å². The number of nitrogens with two attached hydrogens (primary N) is 1. The predicted octanol–water partition coefficient (Wildman–Crippen LogP) is 2.33. The molecular formula is C13H11N5OS. The summed E-state index contributed by atoms with van der Waals surface area (Å²) in [5, 5.41) is 13.6. The Labute approximate surface area is 119 Å². The first-order valence-electron chi connectivity index (χ1n) is 6.01. The molecule has 6 nitrogen and oxygen atoms in total. The van der Waals surface area contributed by atoms with Crippen LogP contribution in [0.25, 0.3) is 15.3 Å². The fraction of sp³-hybridized carbons (Fsp3) is 0.154. The number of aromatic nitrogens is 3. The molecule has 0 unspecified atom stereocenters. The van der Waals surface area contributed by atoms with Crippen LogP contribution in [-0.2, 0) is 0 Å². The minimum absolute atomic E-state index is 0.296. The van der Waals surface area contributed by atoms with Crippen molar-refractivity contribution in [2.75, 3.05) is 12.3 Å². The zero-order chi connectivity index (χ0) is 14.1. The Kier molecular flexibility index (Phi) is 3.00. The van der Waals surface area contributed by atoms with Crippen LogP contribution in [0.1, 0.15) is 12.5 Å². The van der Waals surface area contributed by atoms with Crippen molar-refractivity contribution < 1.29 is 4.74 Å². The first-order chi connectivity index (χ1) is 9.74. The van der Waals surface area contributed by atoms with Gasteiger partial charge in [-0.15, -0.1) is 0 Å². The number of ether oxygens (including phenoxy) is 1. The highest BCUT2D eigenvalue weighted by atomic mass is 32.1. The van der Waals surface area contributed by atoms with Gasteiger partial charge in [0.05, 0.1) is 17.5 Å². The molecule has 0 fully saturated rings. The van der Waals surface area contributed by atoms with E-state index in [1.54, 1.807) is 0 Å². The number of fused-ring (bicyclic) bond motifs is 1. The van der Waals surface area contributed by atoms with Gasteiger partial charge >= 0.3 is 0 Å². The molecule has 3 rings (SSSR count). The summed E-state index contributed by atoms with van der Waals surface area (Å²) < 4.78 is 8.01. The van der Waals surface area contributed by atoms with E-state index in [9.17, 15) is 0 Å². The van der Waals surface area contributed by atoms with Crippen LogP contribution in [0.15, 0.2) is 24.4 Å². The van der Waals surface area contributed by atoms with Crippen molar-refractivity contribution in [2.45, 2.75) is 6.92 Å². The normalized spacial score (nSPS) is 10.6. The molecule has 0 spiro atoms. The Morgan fingerprint density at radius 2 is 2.35 bits per heavy atom. The van der Waals surface area contributed by atoms with Crippen molar-refractivity contribution in [3.05, 3.63) is 30.0 Å². The van der Waals surface area contributed by atoms with E-state index < -0.39 is 0 Å². The van der Waals surface area contributed by atoms with Gasteiger partial charge in [-0.1, -0.05) is 17.4 Å². The Bertz CT molecular complexity index is 814. The van der Waals surface area contributed by atoms with Crippen LogP contribution in [0.3, 0.4) is 0 Å². The molecule has 20 heavy (non-hydrogen) atoms. The van der Waals surface area contributed by atoms with Crippen molar-refractivity contribution in [1.29, 1.82) is 5.26 Å². The van der Waals surface area contributed by atoms with E-state index >= 15 is 0 Å². The van der Waals surface area contributed by atoms with Gasteiger partial charge in [-0.2, -0.15) is 15.0 Å². The van der Waals surface area contributed by atoms with Crippen LogP contribution in [0.4, 0.5) is 5.82 Å². The van der Waals surface area contributed by atoms with Gasteiger partial charge in [-0.05, 0) is 19.1 Å². The van der Waals surface area contributed by atoms with Gasteiger partial charge in [0.2, 0.25) is 5.13 Å². The van der Waals surface area contributed by atoms with Crippen LogP contribution in [0, 0.1) is 11.3 Å². The fourth-order valence-corrected chi connectivity index (χ4v) is 2.83. The minimum atomic E-state index is 0.296. The average molecular weight is 285 g/mol. The molecule has 0 radical (unpaired) electrons. The third-order valence-electron chi connectivity index (χ3n) is 2.78. The molecule has 0 saturated carbocycles. The fourth-order valence-electron chi connectivity index (χ4n) is 1.87. The lowest BCUT2D eigenvalue weighted by Gasteiger charge is -2.02. The Balaban J connectivity index is 2.16. The molecule has 2 aromatic heterocycles.